The Hall–Kier alpha value is -1.10. The lowest BCUT2D eigenvalue weighted by molar-refractivity contribution is 0.212. The van der Waals surface area contributed by atoms with Crippen LogP contribution in [0.15, 0.2) is 4.52 Å². The number of rotatable bonds is 3. The van der Waals surface area contributed by atoms with Gasteiger partial charge in [-0.05, 0) is 19.8 Å². The molecule has 1 aliphatic rings. The molecule has 1 aliphatic carbocycles. The summed E-state index contributed by atoms with van der Waals surface area (Å²) in [6.07, 6.45) is 5.60. The number of nitrogens with two attached hydrogens (primary N) is 1. The van der Waals surface area contributed by atoms with Crippen LogP contribution in [0.5, 0.6) is 6.08 Å². The molecular weight excluding hydrogens is 194 g/mol. The molecule has 1 aromatic rings. The molecule has 5 heteroatoms. The second kappa shape index (κ2) is 4.18. The Bertz CT molecular complexity index is 318. The smallest absolute Gasteiger partial charge is 0.417 e. The molecule has 1 fully saturated rings. The van der Waals surface area contributed by atoms with Crippen LogP contribution in [0.1, 0.15) is 44.9 Å². The third-order valence-corrected chi connectivity index (χ3v) is 2.87. The van der Waals surface area contributed by atoms with Crippen LogP contribution in [-0.4, -0.2) is 16.7 Å². The predicted octanol–water partition coefficient (Wildman–Crippen LogP) is 1.59. The van der Waals surface area contributed by atoms with Gasteiger partial charge < -0.3 is 10.5 Å². The summed E-state index contributed by atoms with van der Waals surface area (Å²) in [6, 6.07) is 0. The highest BCUT2D eigenvalue weighted by molar-refractivity contribution is 5.06. The lowest BCUT2D eigenvalue weighted by Gasteiger charge is -2.29. The molecule has 0 radical (unpaired) electrons. The number of ether oxygens (including phenoxy) is 1. The highest BCUT2D eigenvalue weighted by atomic mass is 16.6. The zero-order valence-electron chi connectivity index (χ0n) is 9.03. The van der Waals surface area contributed by atoms with Gasteiger partial charge in [-0.15, -0.1) is 0 Å². The number of nitrogens with zero attached hydrogens (tertiary/aromatic N) is 2. The minimum atomic E-state index is -0.406. The van der Waals surface area contributed by atoms with E-state index in [4.69, 9.17) is 15.0 Å². The zero-order chi connectivity index (χ0) is 10.7. The SMILES string of the molecule is CCOc1nc(C2(N)CCCCC2)no1. The summed E-state index contributed by atoms with van der Waals surface area (Å²) in [5.74, 6) is 0.589. The highest BCUT2D eigenvalue weighted by Crippen LogP contribution is 2.33. The van der Waals surface area contributed by atoms with Gasteiger partial charge in [0.15, 0.2) is 5.82 Å². The lowest BCUT2D eigenvalue weighted by Crippen LogP contribution is -2.39. The first-order valence-electron chi connectivity index (χ1n) is 5.50. The van der Waals surface area contributed by atoms with Gasteiger partial charge in [0.25, 0.3) is 0 Å². The molecule has 2 N–H and O–H groups in total. The van der Waals surface area contributed by atoms with Gasteiger partial charge in [0.1, 0.15) is 0 Å². The van der Waals surface area contributed by atoms with Gasteiger partial charge >= 0.3 is 6.08 Å². The number of hydrogen-bond acceptors (Lipinski definition) is 5. The average molecular weight is 211 g/mol. The van der Waals surface area contributed by atoms with Crippen LogP contribution in [0.3, 0.4) is 0 Å². The largest absolute Gasteiger partial charge is 0.449 e. The maximum atomic E-state index is 6.25. The molecule has 84 valence electrons. The molecule has 1 aromatic heterocycles. The maximum Gasteiger partial charge on any atom is 0.417 e. The quantitative estimate of drug-likeness (QED) is 0.821. The van der Waals surface area contributed by atoms with Crippen LogP contribution in [0.4, 0.5) is 0 Å². The second-order valence-corrected chi connectivity index (χ2v) is 4.03. The predicted molar refractivity (Wildman–Crippen MR) is 54.4 cm³/mol. The molecule has 0 aromatic carbocycles. The van der Waals surface area contributed by atoms with Crippen LogP contribution in [0.25, 0.3) is 0 Å². The molecular formula is C10H17N3O2. The van der Waals surface area contributed by atoms with E-state index in [1.165, 1.54) is 6.42 Å². The number of aromatic nitrogens is 2. The fourth-order valence-corrected chi connectivity index (χ4v) is 2.00. The van der Waals surface area contributed by atoms with Crippen molar-refractivity contribution in [3.8, 4) is 6.08 Å². The minimum absolute atomic E-state index is 0.225. The van der Waals surface area contributed by atoms with Crippen LogP contribution in [-0.2, 0) is 5.54 Å². The van der Waals surface area contributed by atoms with E-state index in [1.54, 1.807) is 0 Å². The van der Waals surface area contributed by atoms with E-state index in [1.807, 2.05) is 6.92 Å². The Kier molecular flexibility index (Phi) is 2.90. The molecule has 0 aliphatic heterocycles. The van der Waals surface area contributed by atoms with Crippen molar-refractivity contribution >= 4 is 0 Å². The van der Waals surface area contributed by atoms with Crippen LogP contribution < -0.4 is 10.5 Å². The van der Waals surface area contributed by atoms with Gasteiger partial charge in [0, 0.05) is 0 Å². The molecule has 1 heterocycles. The summed E-state index contributed by atoms with van der Waals surface area (Å²) < 4.78 is 10.1. The van der Waals surface area contributed by atoms with Gasteiger partial charge in [-0.25, -0.2) is 0 Å². The van der Waals surface area contributed by atoms with Gasteiger partial charge in [0.2, 0.25) is 0 Å². The van der Waals surface area contributed by atoms with Crippen molar-refractivity contribution in [1.82, 2.24) is 10.1 Å². The summed E-state index contributed by atoms with van der Waals surface area (Å²) in [7, 11) is 0. The van der Waals surface area contributed by atoms with E-state index in [-0.39, 0.29) is 6.08 Å². The lowest BCUT2D eigenvalue weighted by atomic mass is 9.82. The minimum Gasteiger partial charge on any atom is -0.449 e. The number of hydrogen-bond donors (Lipinski definition) is 1. The molecule has 0 amide bonds. The van der Waals surface area contributed by atoms with Crippen molar-refractivity contribution in [1.29, 1.82) is 0 Å². The summed E-state index contributed by atoms with van der Waals surface area (Å²) in [4.78, 5) is 4.17. The summed E-state index contributed by atoms with van der Waals surface area (Å²) in [5, 5.41) is 3.89. The molecule has 0 spiro atoms. The first kappa shape index (κ1) is 10.4. The highest BCUT2D eigenvalue weighted by Gasteiger charge is 2.34. The summed E-state index contributed by atoms with van der Waals surface area (Å²) in [5.41, 5.74) is 5.84. The average Bonchev–Trinajstić information content (AvgIpc) is 2.69. The molecule has 0 atom stereocenters. The van der Waals surface area contributed by atoms with Crippen molar-refractivity contribution in [2.24, 2.45) is 5.73 Å². The van der Waals surface area contributed by atoms with Crippen molar-refractivity contribution in [3.05, 3.63) is 5.82 Å². The maximum absolute atomic E-state index is 6.25. The van der Waals surface area contributed by atoms with Crippen LogP contribution in [0.2, 0.25) is 0 Å². The van der Waals surface area contributed by atoms with E-state index >= 15 is 0 Å². The van der Waals surface area contributed by atoms with Crippen LogP contribution >= 0.6 is 0 Å². The van der Waals surface area contributed by atoms with Gasteiger partial charge in [-0.3, -0.25) is 4.52 Å². The molecule has 5 nitrogen and oxygen atoms in total. The standard InChI is InChI=1S/C10H17N3O2/c1-2-14-9-12-8(13-15-9)10(11)6-4-3-5-7-10/h2-7,11H2,1H3. The fraction of sp³-hybridized carbons (Fsp3) is 0.800. The van der Waals surface area contributed by atoms with Crippen LogP contribution in [0, 0.1) is 0 Å². The van der Waals surface area contributed by atoms with E-state index in [0.717, 1.165) is 25.7 Å². The molecule has 1 saturated carbocycles. The normalized spacial score (nSPS) is 20.1. The third kappa shape index (κ3) is 2.12. The molecule has 0 bridgehead atoms. The van der Waals surface area contributed by atoms with Gasteiger partial charge in [-0.2, -0.15) is 4.98 Å². The Balaban J connectivity index is 2.12. The van der Waals surface area contributed by atoms with Crippen molar-refractivity contribution < 1.29 is 9.26 Å². The first-order chi connectivity index (χ1) is 7.24. The molecule has 0 saturated heterocycles. The Morgan fingerprint density at radius 3 is 2.80 bits per heavy atom. The third-order valence-electron chi connectivity index (χ3n) is 2.87. The van der Waals surface area contributed by atoms with Crippen molar-refractivity contribution in [2.45, 2.75) is 44.6 Å². The second-order valence-electron chi connectivity index (χ2n) is 4.03. The molecule has 0 unspecified atom stereocenters. The fourth-order valence-electron chi connectivity index (χ4n) is 2.00. The van der Waals surface area contributed by atoms with E-state index < -0.39 is 5.54 Å². The molecule has 15 heavy (non-hydrogen) atoms. The van der Waals surface area contributed by atoms with Gasteiger partial charge in [-0.1, -0.05) is 24.4 Å². The topological polar surface area (TPSA) is 74.2 Å². The van der Waals surface area contributed by atoms with Crippen molar-refractivity contribution in [2.75, 3.05) is 6.61 Å². The molecule has 2 rings (SSSR count). The summed E-state index contributed by atoms with van der Waals surface area (Å²) >= 11 is 0. The summed E-state index contributed by atoms with van der Waals surface area (Å²) in [6.45, 7) is 2.40. The monoisotopic (exact) mass is 211 g/mol. The van der Waals surface area contributed by atoms with Gasteiger partial charge in [0.05, 0.1) is 12.1 Å². The van der Waals surface area contributed by atoms with E-state index in [2.05, 4.69) is 10.1 Å². The zero-order valence-corrected chi connectivity index (χ0v) is 9.03. The first-order valence-corrected chi connectivity index (χ1v) is 5.50. The van der Waals surface area contributed by atoms with E-state index in [9.17, 15) is 0 Å². The Morgan fingerprint density at radius 2 is 2.13 bits per heavy atom. The van der Waals surface area contributed by atoms with Crippen molar-refractivity contribution in [3.63, 3.8) is 0 Å². The van der Waals surface area contributed by atoms with E-state index in [0.29, 0.717) is 12.4 Å². The Morgan fingerprint density at radius 1 is 1.40 bits per heavy atom. The Labute approximate surface area is 89.0 Å².